The molecule has 0 aliphatic heterocycles. The molecule has 13 heavy (non-hydrogen) atoms. The van der Waals surface area contributed by atoms with E-state index in [0.717, 1.165) is 19.4 Å². The predicted octanol–water partition coefficient (Wildman–Crippen LogP) is 1.23. The van der Waals surface area contributed by atoms with E-state index < -0.39 is 0 Å². The Bertz CT molecular complexity index is 155. The number of carbonyl (C=O) groups excluding carboxylic acids is 1. The fourth-order valence-electron chi connectivity index (χ4n) is 1.19. The molecule has 1 unspecified atom stereocenters. The Labute approximate surface area is 81.3 Å². The van der Waals surface area contributed by atoms with Crippen molar-refractivity contribution in [1.82, 2.24) is 4.90 Å². The lowest BCUT2D eigenvalue weighted by Crippen LogP contribution is -2.40. The molecule has 0 aromatic carbocycles. The summed E-state index contributed by atoms with van der Waals surface area (Å²) in [5, 5.41) is 0. The smallest absolute Gasteiger partial charge is 0.238 e. The minimum atomic E-state index is -0.371. The molecule has 1 amide bonds. The molecule has 0 saturated heterocycles. The first kappa shape index (κ1) is 12.4. The topological polar surface area (TPSA) is 46.3 Å². The number of likely N-dealkylation sites (N-methyl/N-ethyl adjacent to an activating group) is 1. The fraction of sp³-hybridized carbons (Fsp3) is 0.900. The van der Waals surface area contributed by atoms with Gasteiger partial charge >= 0.3 is 0 Å². The summed E-state index contributed by atoms with van der Waals surface area (Å²) in [6, 6.07) is -0.371. The maximum atomic E-state index is 11.3. The summed E-state index contributed by atoms with van der Waals surface area (Å²) >= 11 is 0. The molecule has 78 valence electrons. The third-order valence-corrected chi connectivity index (χ3v) is 2.04. The van der Waals surface area contributed by atoms with Crippen LogP contribution in [0.4, 0.5) is 0 Å². The van der Waals surface area contributed by atoms with Crippen LogP contribution >= 0.6 is 0 Å². The maximum absolute atomic E-state index is 11.3. The molecule has 0 aromatic heterocycles. The highest BCUT2D eigenvalue weighted by Crippen LogP contribution is 2.04. The van der Waals surface area contributed by atoms with Gasteiger partial charge in [0.15, 0.2) is 0 Å². The average Bonchev–Trinajstić information content (AvgIpc) is 2.02. The van der Waals surface area contributed by atoms with Crippen molar-refractivity contribution in [3.05, 3.63) is 0 Å². The quantitative estimate of drug-likeness (QED) is 0.702. The van der Waals surface area contributed by atoms with E-state index in [4.69, 9.17) is 5.73 Å². The summed E-state index contributed by atoms with van der Waals surface area (Å²) < 4.78 is 0. The Morgan fingerprint density at radius 1 is 1.38 bits per heavy atom. The molecular formula is C10H22N2O. The number of hydrogen-bond donors (Lipinski definition) is 1. The van der Waals surface area contributed by atoms with E-state index in [0.29, 0.717) is 5.92 Å². The number of amides is 1. The van der Waals surface area contributed by atoms with Crippen LogP contribution in [0.1, 0.15) is 33.6 Å². The monoisotopic (exact) mass is 186 g/mol. The second-order valence-electron chi connectivity index (χ2n) is 4.08. The Balaban J connectivity index is 3.62. The largest absolute Gasteiger partial charge is 0.344 e. The van der Waals surface area contributed by atoms with Crippen LogP contribution in [0, 0.1) is 5.92 Å². The first-order valence-corrected chi connectivity index (χ1v) is 4.95. The van der Waals surface area contributed by atoms with Gasteiger partial charge in [0.25, 0.3) is 0 Å². The number of carbonyl (C=O) groups is 1. The fourth-order valence-corrected chi connectivity index (χ4v) is 1.19. The maximum Gasteiger partial charge on any atom is 0.238 e. The minimum Gasteiger partial charge on any atom is -0.344 e. The molecule has 0 aliphatic rings. The SMILES string of the molecule is CC(C)CCCN(C)C(=O)C(C)N. The highest BCUT2D eigenvalue weighted by atomic mass is 16.2. The number of rotatable bonds is 5. The average molecular weight is 186 g/mol. The van der Waals surface area contributed by atoms with E-state index >= 15 is 0 Å². The molecule has 0 aliphatic carbocycles. The highest BCUT2D eigenvalue weighted by molar-refractivity contribution is 5.80. The molecule has 0 heterocycles. The zero-order chi connectivity index (χ0) is 10.4. The van der Waals surface area contributed by atoms with Gasteiger partial charge in [-0.15, -0.1) is 0 Å². The van der Waals surface area contributed by atoms with Crippen LogP contribution in [0.25, 0.3) is 0 Å². The van der Waals surface area contributed by atoms with Crippen molar-refractivity contribution < 1.29 is 4.79 Å². The summed E-state index contributed by atoms with van der Waals surface area (Å²) in [5.41, 5.74) is 5.48. The lowest BCUT2D eigenvalue weighted by molar-refractivity contribution is -0.130. The molecule has 3 nitrogen and oxygen atoms in total. The van der Waals surface area contributed by atoms with Gasteiger partial charge in [-0.25, -0.2) is 0 Å². The Hall–Kier alpha value is -0.570. The van der Waals surface area contributed by atoms with Gasteiger partial charge in [0.2, 0.25) is 5.91 Å². The van der Waals surface area contributed by atoms with Crippen LogP contribution in [0.15, 0.2) is 0 Å². The standard InChI is InChI=1S/C10H22N2O/c1-8(2)6-5-7-12(4)10(13)9(3)11/h8-9H,5-7,11H2,1-4H3. The molecule has 1 atom stereocenters. The Morgan fingerprint density at radius 3 is 2.31 bits per heavy atom. The molecule has 0 spiro atoms. The van der Waals surface area contributed by atoms with E-state index in [9.17, 15) is 4.79 Å². The van der Waals surface area contributed by atoms with E-state index in [1.54, 1.807) is 11.8 Å². The van der Waals surface area contributed by atoms with Crippen molar-refractivity contribution in [2.75, 3.05) is 13.6 Å². The normalized spacial score (nSPS) is 13.1. The van der Waals surface area contributed by atoms with Gasteiger partial charge in [0.05, 0.1) is 6.04 Å². The molecule has 0 radical (unpaired) electrons. The van der Waals surface area contributed by atoms with Gasteiger partial charge in [-0.2, -0.15) is 0 Å². The first-order valence-electron chi connectivity index (χ1n) is 4.95. The number of nitrogens with zero attached hydrogens (tertiary/aromatic N) is 1. The van der Waals surface area contributed by atoms with Crippen LogP contribution in [0.3, 0.4) is 0 Å². The van der Waals surface area contributed by atoms with Gasteiger partial charge in [-0.1, -0.05) is 13.8 Å². The van der Waals surface area contributed by atoms with Gasteiger partial charge in [0.1, 0.15) is 0 Å². The van der Waals surface area contributed by atoms with Crippen molar-refractivity contribution in [2.24, 2.45) is 11.7 Å². The molecule has 0 rings (SSSR count). The van der Waals surface area contributed by atoms with Gasteiger partial charge < -0.3 is 10.6 Å². The highest BCUT2D eigenvalue weighted by Gasteiger charge is 2.12. The summed E-state index contributed by atoms with van der Waals surface area (Å²) in [5.74, 6) is 0.738. The van der Waals surface area contributed by atoms with Crippen LogP contribution in [-0.4, -0.2) is 30.4 Å². The van der Waals surface area contributed by atoms with Gasteiger partial charge in [-0.05, 0) is 25.7 Å². The van der Waals surface area contributed by atoms with E-state index in [2.05, 4.69) is 13.8 Å². The van der Waals surface area contributed by atoms with Gasteiger partial charge in [0, 0.05) is 13.6 Å². The van der Waals surface area contributed by atoms with Crippen LogP contribution in [0.2, 0.25) is 0 Å². The van der Waals surface area contributed by atoms with E-state index in [1.165, 1.54) is 0 Å². The zero-order valence-electron chi connectivity index (χ0n) is 9.21. The van der Waals surface area contributed by atoms with Crippen molar-refractivity contribution in [3.63, 3.8) is 0 Å². The van der Waals surface area contributed by atoms with Crippen molar-refractivity contribution >= 4 is 5.91 Å². The van der Waals surface area contributed by atoms with Crippen LogP contribution < -0.4 is 5.73 Å². The third kappa shape index (κ3) is 5.64. The van der Waals surface area contributed by atoms with E-state index in [1.807, 2.05) is 7.05 Å². The Kier molecular flexibility index (Phi) is 5.71. The van der Waals surface area contributed by atoms with Gasteiger partial charge in [-0.3, -0.25) is 4.79 Å². The molecule has 2 N–H and O–H groups in total. The van der Waals surface area contributed by atoms with Crippen LogP contribution in [-0.2, 0) is 4.79 Å². The predicted molar refractivity (Wildman–Crippen MR) is 55.4 cm³/mol. The van der Waals surface area contributed by atoms with Crippen molar-refractivity contribution in [1.29, 1.82) is 0 Å². The summed E-state index contributed by atoms with van der Waals surface area (Å²) in [7, 11) is 1.81. The third-order valence-electron chi connectivity index (χ3n) is 2.04. The summed E-state index contributed by atoms with van der Waals surface area (Å²) in [4.78, 5) is 13.0. The van der Waals surface area contributed by atoms with Crippen molar-refractivity contribution in [2.45, 2.75) is 39.7 Å². The molecule has 0 bridgehead atoms. The zero-order valence-corrected chi connectivity index (χ0v) is 9.21. The minimum absolute atomic E-state index is 0.0313. The summed E-state index contributed by atoms with van der Waals surface area (Å²) in [6.07, 6.45) is 2.23. The second kappa shape index (κ2) is 5.97. The second-order valence-corrected chi connectivity index (χ2v) is 4.08. The molecule has 0 saturated carbocycles. The van der Waals surface area contributed by atoms with E-state index in [-0.39, 0.29) is 11.9 Å². The number of nitrogens with two attached hydrogens (primary N) is 1. The molecule has 0 aromatic rings. The first-order chi connectivity index (χ1) is 5.95. The van der Waals surface area contributed by atoms with Crippen LogP contribution in [0.5, 0.6) is 0 Å². The Morgan fingerprint density at radius 2 is 1.92 bits per heavy atom. The molecule has 3 heteroatoms. The molecular weight excluding hydrogens is 164 g/mol. The summed E-state index contributed by atoms with van der Waals surface area (Å²) in [6.45, 7) is 6.92. The molecule has 0 fully saturated rings. The van der Waals surface area contributed by atoms with Crippen molar-refractivity contribution in [3.8, 4) is 0 Å². The number of hydrogen-bond acceptors (Lipinski definition) is 2. The lowest BCUT2D eigenvalue weighted by atomic mass is 10.1. The lowest BCUT2D eigenvalue weighted by Gasteiger charge is -2.19.